The molecule has 3 aliphatic rings. The zero-order valence-electron chi connectivity index (χ0n) is 34.9. The van der Waals surface area contributed by atoms with Crippen LogP contribution in [0.25, 0.3) is 0 Å². The van der Waals surface area contributed by atoms with Crippen LogP contribution in [-0.2, 0) is 39.9 Å². The third-order valence-corrected chi connectivity index (χ3v) is 10.7. The average molecular weight is 833 g/mol. The van der Waals surface area contributed by atoms with Crippen molar-refractivity contribution in [2.75, 3.05) is 34.9 Å². The number of aliphatic hydroxyl groups excluding tert-OH is 1. The van der Waals surface area contributed by atoms with Gasteiger partial charge in [0.2, 0.25) is 11.8 Å². The van der Waals surface area contributed by atoms with Gasteiger partial charge in [-0.15, -0.1) is 0 Å². The lowest BCUT2D eigenvalue weighted by Gasteiger charge is -2.33. The van der Waals surface area contributed by atoms with E-state index in [4.69, 9.17) is 36.0 Å². The maximum Gasteiger partial charge on any atom is 0.407 e. The number of aliphatic carboxylic acids is 1. The maximum atomic E-state index is 12.2. The number of alkyl carbamates (subject to hydrolysis) is 1. The van der Waals surface area contributed by atoms with Crippen LogP contribution in [0.5, 0.6) is 5.75 Å². The second-order valence-corrected chi connectivity index (χ2v) is 15.1. The van der Waals surface area contributed by atoms with Crippen LogP contribution in [0.15, 0.2) is 54.2 Å². The quantitative estimate of drug-likeness (QED) is 0.0634. The zero-order chi connectivity index (χ0) is 43.6. The molecule has 1 aromatic carbocycles. The van der Waals surface area contributed by atoms with Crippen molar-refractivity contribution in [3.8, 4) is 5.75 Å². The van der Waals surface area contributed by atoms with Gasteiger partial charge in [0.1, 0.15) is 17.9 Å². The molecule has 0 aliphatic carbocycles. The molecule has 0 saturated carbocycles. The van der Waals surface area contributed by atoms with Crippen LogP contribution >= 0.6 is 11.6 Å². The molecule has 58 heavy (non-hydrogen) atoms. The monoisotopic (exact) mass is 832 g/mol. The summed E-state index contributed by atoms with van der Waals surface area (Å²) < 4.78 is 16.8. The highest BCUT2D eigenvalue weighted by Crippen LogP contribution is 2.46. The molecule has 0 radical (unpaired) electrons. The maximum absolute atomic E-state index is 12.2. The molecule has 2 saturated heterocycles. The molecule has 6 atom stereocenters. The van der Waals surface area contributed by atoms with E-state index in [0.29, 0.717) is 49.4 Å². The number of nitrogens with one attached hydrogen (secondary N) is 2. The number of aliphatic hydroxyl groups is 1. The number of methoxy groups -OCH3 is 1. The second kappa shape index (κ2) is 24.3. The summed E-state index contributed by atoms with van der Waals surface area (Å²) in [6.07, 6.45) is 13.5. The van der Waals surface area contributed by atoms with Crippen LogP contribution in [0.1, 0.15) is 84.6 Å². The van der Waals surface area contributed by atoms with Crippen LogP contribution in [0, 0.1) is 5.92 Å². The van der Waals surface area contributed by atoms with Crippen molar-refractivity contribution >= 4 is 47.3 Å². The number of allylic oxidation sites excluding steroid dienone is 3. The fourth-order valence-electron chi connectivity index (χ4n) is 6.61. The predicted octanol–water partition coefficient (Wildman–Crippen LogP) is 4.98. The third-order valence-electron chi connectivity index (χ3n) is 10.4. The minimum atomic E-state index is -1.04. The van der Waals surface area contributed by atoms with Gasteiger partial charge in [0.15, 0.2) is 0 Å². The van der Waals surface area contributed by atoms with Crippen molar-refractivity contribution in [2.24, 2.45) is 5.92 Å². The number of epoxide rings is 1. The molecular formula is C42H61ClN4O11. The van der Waals surface area contributed by atoms with Crippen molar-refractivity contribution in [1.29, 1.82) is 0 Å². The highest BCUT2D eigenvalue weighted by molar-refractivity contribution is 6.32. The molecule has 0 aromatic heterocycles. The Kier molecular flexibility index (Phi) is 20.7. The molecule has 15 nitrogen and oxygen atoms in total. The number of benzene rings is 1. The normalized spacial score (nSPS) is 22.1. The Morgan fingerprint density at radius 3 is 2.41 bits per heavy atom. The van der Waals surface area contributed by atoms with Crippen molar-refractivity contribution in [3.05, 3.63) is 64.7 Å². The summed E-state index contributed by atoms with van der Waals surface area (Å²) in [6.45, 7) is 7.97. The Labute approximate surface area is 346 Å². The first-order valence-electron chi connectivity index (χ1n) is 19.5. The lowest BCUT2D eigenvalue weighted by Crippen LogP contribution is -2.48. The van der Waals surface area contributed by atoms with E-state index in [9.17, 15) is 28.8 Å². The van der Waals surface area contributed by atoms with Gasteiger partial charge in [-0.3, -0.25) is 24.1 Å². The minimum absolute atomic E-state index is 0.00468. The number of carbonyl (C=O) groups excluding carboxylic acids is 5. The molecular weight excluding hydrogens is 772 g/mol. The summed E-state index contributed by atoms with van der Waals surface area (Å²) in [7, 11) is 5.71. The number of carbonyl (C=O) groups is 6. The van der Waals surface area contributed by atoms with Gasteiger partial charge in [0.05, 0.1) is 23.8 Å². The molecule has 1 aromatic rings. The Bertz CT molecular complexity index is 1660. The molecule has 3 heterocycles. The number of cyclic esters (lactones) is 1. The van der Waals surface area contributed by atoms with Gasteiger partial charge in [-0.1, -0.05) is 54.8 Å². The zero-order valence-corrected chi connectivity index (χ0v) is 35.7. The van der Waals surface area contributed by atoms with E-state index in [2.05, 4.69) is 36.6 Å². The number of rotatable bonds is 19. The number of hydrogen-bond donors (Lipinski definition) is 4. The first kappa shape index (κ1) is 49.4. The predicted molar refractivity (Wildman–Crippen MR) is 219 cm³/mol. The van der Waals surface area contributed by atoms with Gasteiger partial charge in [-0.2, -0.15) is 0 Å². The summed E-state index contributed by atoms with van der Waals surface area (Å²) in [5.74, 6) is -1.12. The van der Waals surface area contributed by atoms with Gasteiger partial charge in [0.25, 0.3) is 11.8 Å². The summed E-state index contributed by atoms with van der Waals surface area (Å²) in [6, 6.07) is 4.96. The number of amides is 5. The first-order chi connectivity index (χ1) is 27.5. The van der Waals surface area contributed by atoms with E-state index in [-0.39, 0.29) is 65.9 Å². The molecule has 0 spiro atoms. The number of carboxylic acids is 1. The van der Waals surface area contributed by atoms with Crippen LogP contribution in [0.3, 0.4) is 0 Å². The lowest BCUT2D eigenvalue weighted by atomic mass is 9.86. The van der Waals surface area contributed by atoms with Gasteiger partial charge in [-0.05, 0) is 70.6 Å². The van der Waals surface area contributed by atoms with Gasteiger partial charge in [-0.25, -0.2) is 9.59 Å². The number of hydrogen-bond acceptors (Lipinski definition) is 10. The minimum Gasteiger partial charge on any atom is -0.495 e. The van der Waals surface area contributed by atoms with E-state index < -0.39 is 12.0 Å². The van der Waals surface area contributed by atoms with E-state index in [1.54, 1.807) is 14.2 Å². The molecule has 322 valence electrons. The van der Waals surface area contributed by atoms with Gasteiger partial charge >= 0.3 is 12.1 Å². The molecule has 4 N–H and O–H groups in total. The number of nitrogens with zero attached hydrogens (tertiary/aromatic N) is 2. The van der Waals surface area contributed by atoms with E-state index in [0.717, 1.165) is 31.9 Å². The topological polar surface area (TPSA) is 204 Å². The lowest BCUT2D eigenvalue weighted by molar-refractivity contribution is -0.148. The van der Waals surface area contributed by atoms with Crippen LogP contribution in [0.2, 0.25) is 5.02 Å². The summed E-state index contributed by atoms with van der Waals surface area (Å²) in [4.78, 5) is 71.2. The number of unbranched alkanes of at least 4 members (excludes halogenated alkanes) is 2. The molecule has 3 aliphatic heterocycles. The SMILES string of the molecule is CC(C(=O)O)N(C)C(=O)CCCCCN1C(=O)C=CC1=O.CNC(=O)CCC1(C)OC1[C@H](C)C1CC(C/C=C/C=C(\C)Cc2ccc(Cl)c(OC)c2)NC(=O)O1.CO. The van der Waals surface area contributed by atoms with E-state index in [1.165, 1.54) is 41.5 Å². The molecule has 5 amide bonds. The smallest absolute Gasteiger partial charge is 0.407 e. The van der Waals surface area contributed by atoms with Crippen molar-refractivity contribution in [3.63, 3.8) is 0 Å². The van der Waals surface area contributed by atoms with Crippen LogP contribution in [-0.4, -0.2) is 120 Å². The summed E-state index contributed by atoms with van der Waals surface area (Å²) in [5.41, 5.74) is 2.00. The third kappa shape index (κ3) is 15.6. The number of carboxylic acid groups (broad SMARTS) is 1. The Morgan fingerprint density at radius 1 is 1.12 bits per heavy atom. The highest BCUT2D eigenvalue weighted by atomic mass is 35.5. The summed E-state index contributed by atoms with van der Waals surface area (Å²) in [5, 5.41) is 22.0. The number of imide groups is 1. The van der Waals surface area contributed by atoms with Crippen molar-refractivity contribution in [2.45, 2.75) is 115 Å². The fourth-order valence-corrected chi connectivity index (χ4v) is 6.80. The Hall–Kier alpha value is -4.73. The van der Waals surface area contributed by atoms with Crippen LogP contribution in [0.4, 0.5) is 4.79 Å². The molecule has 16 heteroatoms. The summed E-state index contributed by atoms with van der Waals surface area (Å²) >= 11 is 6.10. The van der Waals surface area contributed by atoms with Crippen molar-refractivity contribution in [1.82, 2.24) is 20.4 Å². The van der Waals surface area contributed by atoms with Gasteiger partial charge in [0, 0.05) is 71.1 Å². The number of ether oxygens (including phenoxy) is 3. The van der Waals surface area contributed by atoms with Crippen molar-refractivity contribution < 1.29 is 53.2 Å². The largest absolute Gasteiger partial charge is 0.495 e. The standard InChI is InChI=1S/C27H37ClN2O5.C14H20N2O5.CH4O/c1-17(14-19-10-11-21(28)23(15-19)33-5)8-6-7-9-20-16-22(34-26(32)30-20)18(2)25-27(3,35-25)13-12-24(31)29-4;1-10(14(20)21)15(2)11(17)6-4-3-5-9-16-12(18)7-8-13(16)19;1-2/h6-8,10-11,15,18,20,22,25H,9,12-14,16H2,1-5H3,(H,29,31)(H,30,32);7-8,10H,3-6,9H2,1-2H3,(H,20,21);2H,1H3/b7-6+,17-8+;;/t18-,20?,22?,25?,27?;;/m1../s1. The second-order valence-electron chi connectivity index (χ2n) is 14.7. The molecule has 5 unspecified atom stereocenters. The number of likely N-dealkylation sites (N-methyl/N-ethyl adjacent to an activating group) is 1. The first-order valence-corrected chi connectivity index (χ1v) is 19.8. The Balaban J connectivity index is 0.000000432. The highest BCUT2D eigenvalue weighted by Gasteiger charge is 2.57. The van der Waals surface area contributed by atoms with Gasteiger partial charge < -0.3 is 40.0 Å². The van der Waals surface area contributed by atoms with E-state index in [1.807, 2.05) is 31.2 Å². The molecule has 2 fully saturated rings. The fraction of sp³-hybridized carbons (Fsp3) is 0.571. The van der Waals surface area contributed by atoms with E-state index >= 15 is 0 Å². The molecule has 4 rings (SSSR count). The molecule has 0 bridgehead atoms. The average Bonchev–Trinajstić information content (AvgIpc) is 3.79. The van der Waals surface area contributed by atoms with Crippen LogP contribution < -0.4 is 15.4 Å². The number of halogens is 1. The Morgan fingerprint density at radius 2 is 1.79 bits per heavy atom.